The zero-order valence-electron chi connectivity index (χ0n) is 12.6. The van der Waals surface area contributed by atoms with Crippen LogP contribution in [0.25, 0.3) is 0 Å². The number of halogens is 2. The molecule has 1 aliphatic heterocycles. The van der Waals surface area contributed by atoms with Gasteiger partial charge in [0.2, 0.25) is 0 Å². The monoisotopic (exact) mass is 310 g/mol. The number of anilines is 1. The first-order valence-electron chi connectivity index (χ1n) is 7.47. The standard InChI is InChI=1S/C16H20F2N2O2/c1-16(2)12(11-6-7-22-13(11)16)20-15(21)19-10-5-3-4-9(8-10)14(17)18/h3-5,8,11-14H,6-7H2,1-2H3,(H2,19,20,21). The van der Waals surface area contributed by atoms with Gasteiger partial charge in [-0.3, -0.25) is 0 Å². The number of carbonyl (C=O) groups excluding carboxylic acids is 1. The van der Waals surface area contributed by atoms with E-state index in [2.05, 4.69) is 24.5 Å². The van der Waals surface area contributed by atoms with Crippen molar-refractivity contribution >= 4 is 11.7 Å². The minimum absolute atomic E-state index is 0.0401. The Kier molecular flexibility index (Phi) is 3.80. The van der Waals surface area contributed by atoms with E-state index in [9.17, 15) is 13.6 Å². The molecule has 2 amide bonds. The molecule has 0 radical (unpaired) electrons. The molecule has 1 saturated heterocycles. The van der Waals surface area contributed by atoms with Crippen LogP contribution in [0.15, 0.2) is 24.3 Å². The molecule has 0 spiro atoms. The number of nitrogens with one attached hydrogen (secondary N) is 2. The fourth-order valence-corrected chi connectivity index (χ4v) is 3.68. The first kappa shape index (κ1) is 15.2. The van der Waals surface area contributed by atoms with Crippen LogP contribution in [0.1, 0.15) is 32.3 Å². The predicted molar refractivity (Wildman–Crippen MR) is 79.0 cm³/mol. The summed E-state index contributed by atoms with van der Waals surface area (Å²) in [4.78, 5) is 12.1. The maximum Gasteiger partial charge on any atom is 0.319 e. The Morgan fingerprint density at radius 2 is 2.18 bits per heavy atom. The SMILES string of the molecule is CC1(C)C(NC(=O)Nc2cccc(C(F)F)c2)C2CCOC21. The van der Waals surface area contributed by atoms with Crippen molar-refractivity contribution in [3.63, 3.8) is 0 Å². The number of hydrogen-bond acceptors (Lipinski definition) is 2. The Morgan fingerprint density at radius 1 is 1.41 bits per heavy atom. The second kappa shape index (κ2) is 5.50. The molecular formula is C16H20F2N2O2. The summed E-state index contributed by atoms with van der Waals surface area (Å²) >= 11 is 0. The van der Waals surface area contributed by atoms with Gasteiger partial charge in [-0.25, -0.2) is 13.6 Å². The average molecular weight is 310 g/mol. The third-order valence-electron chi connectivity index (χ3n) is 4.78. The van der Waals surface area contributed by atoms with Gasteiger partial charge in [0, 0.05) is 35.2 Å². The summed E-state index contributed by atoms with van der Waals surface area (Å²) in [5.74, 6) is 0.341. The van der Waals surface area contributed by atoms with Crippen LogP contribution in [0.4, 0.5) is 19.3 Å². The minimum Gasteiger partial charge on any atom is -0.377 e. The first-order chi connectivity index (χ1) is 10.4. The van der Waals surface area contributed by atoms with Gasteiger partial charge in [-0.05, 0) is 18.6 Å². The van der Waals surface area contributed by atoms with Crippen molar-refractivity contribution in [3.05, 3.63) is 29.8 Å². The lowest BCUT2D eigenvalue weighted by atomic mass is 9.57. The van der Waals surface area contributed by atoms with Crippen molar-refractivity contribution in [2.75, 3.05) is 11.9 Å². The van der Waals surface area contributed by atoms with Gasteiger partial charge in [-0.1, -0.05) is 26.0 Å². The second-order valence-corrected chi connectivity index (χ2v) is 6.57. The molecule has 6 heteroatoms. The highest BCUT2D eigenvalue weighted by atomic mass is 19.3. The quantitative estimate of drug-likeness (QED) is 0.897. The Morgan fingerprint density at radius 3 is 2.91 bits per heavy atom. The van der Waals surface area contributed by atoms with Gasteiger partial charge in [0.05, 0.1) is 6.10 Å². The number of amides is 2. The number of urea groups is 1. The normalized spacial score (nSPS) is 28.9. The minimum atomic E-state index is -2.55. The van der Waals surface area contributed by atoms with E-state index in [0.717, 1.165) is 13.0 Å². The maximum atomic E-state index is 12.7. The lowest BCUT2D eigenvalue weighted by molar-refractivity contribution is -0.107. The fraction of sp³-hybridized carbons (Fsp3) is 0.562. The van der Waals surface area contributed by atoms with Gasteiger partial charge in [0.25, 0.3) is 6.43 Å². The molecule has 3 atom stereocenters. The molecule has 1 aromatic rings. The Labute approximate surface area is 128 Å². The Hall–Kier alpha value is -1.69. The zero-order valence-corrected chi connectivity index (χ0v) is 12.6. The number of carbonyl (C=O) groups is 1. The van der Waals surface area contributed by atoms with Gasteiger partial charge < -0.3 is 15.4 Å². The van der Waals surface area contributed by atoms with Crippen LogP contribution < -0.4 is 10.6 Å². The third kappa shape index (κ3) is 2.56. The van der Waals surface area contributed by atoms with Crippen LogP contribution >= 0.6 is 0 Å². The first-order valence-corrected chi connectivity index (χ1v) is 7.47. The molecule has 2 fully saturated rings. The molecule has 0 bridgehead atoms. The maximum absolute atomic E-state index is 12.7. The van der Waals surface area contributed by atoms with E-state index < -0.39 is 6.43 Å². The number of hydrogen-bond donors (Lipinski definition) is 2. The van der Waals surface area contributed by atoms with E-state index in [-0.39, 0.29) is 29.2 Å². The molecule has 1 heterocycles. The molecule has 2 aliphatic rings. The van der Waals surface area contributed by atoms with E-state index in [1.807, 2.05) is 0 Å². The van der Waals surface area contributed by atoms with Crippen LogP contribution in [0, 0.1) is 11.3 Å². The fourth-order valence-electron chi connectivity index (χ4n) is 3.68. The van der Waals surface area contributed by atoms with Crippen molar-refractivity contribution in [1.82, 2.24) is 5.32 Å². The molecule has 2 N–H and O–H groups in total. The van der Waals surface area contributed by atoms with Gasteiger partial charge in [-0.2, -0.15) is 0 Å². The molecule has 1 saturated carbocycles. The summed E-state index contributed by atoms with van der Waals surface area (Å²) < 4.78 is 31.0. The van der Waals surface area contributed by atoms with Crippen LogP contribution in [0.5, 0.6) is 0 Å². The van der Waals surface area contributed by atoms with Gasteiger partial charge in [0.15, 0.2) is 0 Å². The molecule has 4 nitrogen and oxygen atoms in total. The highest BCUT2D eigenvalue weighted by Gasteiger charge is 2.59. The number of benzene rings is 1. The molecule has 120 valence electrons. The second-order valence-electron chi connectivity index (χ2n) is 6.57. The summed E-state index contributed by atoms with van der Waals surface area (Å²) in [5.41, 5.74) is 0.154. The molecular weight excluding hydrogens is 290 g/mol. The van der Waals surface area contributed by atoms with Crippen molar-refractivity contribution in [2.24, 2.45) is 11.3 Å². The smallest absolute Gasteiger partial charge is 0.319 e. The van der Waals surface area contributed by atoms with E-state index in [0.29, 0.717) is 11.6 Å². The summed E-state index contributed by atoms with van der Waals surface area (Å²) in [6.45, 7) is 4.87. The largest absolute Gasteiger partial charge is 0.377 e. The van der Waals surface area contributed by atoms with Gasteiger partial charge in [0.1, 0.15) is 0 Å². The molecule has 3 unspecified atom stereocenters. The average Bonchev–Trinajstić information content (AvgIpc) is 2.92. The molecule has 22 heavy (non-hydrogen) atoms. The Balaban J connectivity index is 1.62. The summed E-state index contributed by atoms with van der Waals surface area (Å²) in [6.07, 6.45) is -1.41. The summed E-state index contributed by atoms with van der Waals surface area (Å²) in [7, 11) is 0. The van der Waals surface area contributed by atoms with Crippen LogP contribution in [-0.2, 0) is 4.74 Å². The summed E-state index contributed by atoms with van der Waals surface area (Å²) in [5, 5.41) is 5.59. The molecule has 0 aromatic heterocycles. The van der Waals surface area contributed by atoms with Crippen molar-refractivity contribution in [3.8, 4) is 0 Å². The van der Waals surface area contributed by atoms with Crippen LogP contribution in [-0.4, -0.2) is 24.8 Å². The van der Waals surface area contributed by atoms with E-state index in [4.69, 9.17) is 4.74 Å². The van der Waals surface area contributed by atoms with E-state index >= 15 is 0 Å². The van der Waals surface area contributed by atoms with Crippen molar-refractivity contribution in [1.29, 1.82) is 0 Å². The van der Waals surface area contributed by atoms with Crippen LogP contribution in [0.2, 0.25) is 0 Å². The van der Waals surface area contributed by atoms with Crippen molar-refractivity contribution in [2.45, 2.75) is 38.8 Å². The lowest BCUT2D eigenvalue weighted by Gasteiger charge is -2.54. The van der Waals surface area contributed by atoms with Gasteiger partial charge >= 0.3 is 6.03 Å². The molecule has 1 aliphatic carbocycles. The molecule has 3 rings (SSSR count). The number of ether oxygens (including phenoxy) is 1. The number of alkyl halides is 2. The lowest BCUT2D eigenvalue weighted by Crippen LogP contribution is -2.67. The predicted octanol–water partition coefficient (Wildman–Crippen LogP) is 3.56. The zero-order chi connectivity index (χ0) is 15.9. The Bertz CT molecular complexity index is 577. The van der Waals surface area contributed by atoms with Crippen molar-refractivity contribution < 1.29 is 18.3 Å². The third-order valence-corrected chi connectivity index (χ3v) is 4.78. The molecule has 1 aromatic carbocycles. The highest BCUT2D eigenvalue weighted by molar-refractivity contribution is 5.89. The topological polar surface area (TPSA) is 50.4 Å². The number of rotatable bonds is 3. The van der Waals surface area contributed by atoms with E-state index in [1.165, 1.54) is 18.2 Å². The highest BCUT2D eigenvalue weighted by Crippen LogP contribution is 2.52. The van der Waals surface area contributed by atoms with Gasteiger partial charge in [-0.15, -0.1) is 0 Å². The van der Waals surface area contributed by atoms with Crippen LogP contribution in [0.3, 0.4) is 0 Å². The van der Waals surface area contributed by atoms with E-state index in [1.54, 1.807) is 6.07 Å². The number of fused-ring (bicyclic) bond motifs is 1. The summed E-state index contributed by atoms with van der Waals surface area (Å²) in [6, 6.07) is 5.40.